The average molecular weight is 376 g/mol. The highest BCUT2D eigenvalue weighted by molar-refractivity contribution is 7.18. The van der Waals surface area contributed by atoms with Crippen molar-refractivity contribution in [3.05, 3.63) is 96.6 Å². The molecule has 0 N–H and O–H groups in total. The van der Waals surface area contributed by atoms with Gasteiger partial charge in [-0.05, 0) is 46.7 Å². The molecule has 3 aromatic heterocycles. The third-order valence-electron chi connectivity index (χ3n) is 5.35. The van der Waals surface area contributed by atoms with Gasteiger partial charge in [-0.15, -0.1) is 11.3 Å². The molecule has 3 heteroatoms. The van der Waals surface area contributed by atoms with Crippen LogP contribution in [0.15, 0.2) is 96.6 Å². The van der Waals surface area contributed by atoms with Crippen LogP contribution < -0.4 is 0 Å². The summed E-state index contributed by atoms with van der Waals surface area (Å²) in [4.78, 5) is 4.28. The maximum Gasteiger partial charge on any atom is 0.0719 e. The summed E-state index contributed by atoms with van der Waals surface area (Å²) in [5.74, 6) is 0. The predicted molar refractivity (Wildman–Crippen MR) is 119 cm³/mol. The minimum absolute atomic E-state index is 1.13. The summed E-state index contributed by atoms with van der Waals surface area (Å²) in [5.41, 5.74) is 6.01. The first-order valence-electron chi connectivity index (χ1n) is 9.30. The predicted octanol–water partition coefficient (Wildman–Crippen LogP) is 7.06. The Labute approximate surface area is 166 Å². The van der Waals surface area contributed by atoms with Gasteiger partial charge in [-0.2, -0.15) is 0 Å². The van der Waals surface area contributed by atoms with Gasteiger partial charge < -0.3 is 4.57 Å². The summed E-state index contributed by atoms with van der Waals surface area (Å²) in [6.07, 6.45) is 3.73. The number of aromatic nitrogens is 2. The molecule has 0 amide bonds. The lowest BCUT2D eigenvalue weighted by atomic mass is 10.1. The Morgan fingerprint density at radius 2 is 1.68 bits per heavy atom. The molecule has 6 aromatic rings. The zero-order chi connectivity index (χ0) is 18.5. The molecule has 0 bridgehead atoms. The van der Waals surface area contributed by atoms with E-state index in [1.807, 2.05) is 29.8 Å². The van der Waals surface area contributed by atoms with Crippen LogP contribution >= 0.6 is 11.3 Å². The number of hydrogen-bond donors (Lipinski definition) is 0. The Morgan fingerprint density at radius 1 is 0.750 bits per heavy atom. The molecular formula is C25H16N2S. The maximum atomic E-state index is 4.28. The zero-order valence-electron chi connectivity index (χ0n) is 15.0. The van der Waals surface area contributed by atoms with Crippen molar-refractivity contribution < 1.29 is 0 Å². The normalized spacial score (nSPS) is 11.6. The SMILES string of the molecule is c1cncc(-c2cccc(-n3c4ccccc4c4ccc5ccsc5c43)c2)c1. The van der Waals surface area contributed by atoms with Gasteiger partial charge in [0.1, 0.15) is 0 Å². The minimum Gasteiger partial charge on any atom is -0.308 e. The summed E-state index contributed by atoms with van der Waals surface area (Å²) in [5, 5.41) is 6.07. The molecule has 0 spiro atoms. The largest absolute Gasteiger partial charge is 0.308 e. The number of pyridine rings is 1. The van der Waals surface area contributed by atoms with Gasteiger partial charge in [0, 0.05) is 34.4 Å². The van der Waals surface area contributed by atoms with Crippen molar-refractivity contribution in [3.63, 3.8) is 0 Å². The quantitative estimate of drug-likeness (QED) is 0.316. The molecule has 0 aliphatic heterocycles. The van der Waals surface area contributed by atoms with Gasteiger partial charge in [-0.1, -0.05) is 48.5 Å². The van der Waals surface area contributed by atoms with Gasteiger partial charge in [-0.25, -0.2) is 0 Å². The second-order valence-corrected chi connectivity index (χ2v) is 7.86. The van der Waals surface area contributed by atoms with Crippen LogP contribution in [0.3, 0.4) is 0 Å². The molecule has 0 aliphatic rings. The fraction of sp³-hybridized carbons (Fsp3) is 0. The van der Waals surface area contributed by atoms with Crippen LogP contribution in [0.2, 0.25) is 0 Å². The van der Waals surface area contributed by atoms with E-state index in [0.29, 0.717) is 0 Å². The second-order valence-electron chi connectivity index (χ2n) is 6.95. The van der Waals surface area contributed by atoms with E-state index in [-0.39, 0.29) is 0 Å². The van der Waals surface area contributed by atoms with Gasteiger partial charge in [0.25, 0.3) is 0 Å². The van der Waals surface area contributed by atoms with Crippen LogP contribution in [-0.4, -0.2) is 9.55 Å². The average Bonchev–Trinajstić information content (AvgIpc) is 3.37. The van der Waals surface area contributed by atoms with E-state index in [1.165, 1.54) is 43.1 Å². The summed E-state index contributed by atoms with van der Waals surface area (Å²) >= 11 is 1.81. The smallest absolute Gasteiger partial charge is 0.0719 e. The Bertz CT molecular complexity index is 1460. The van der Waals surface area contributed by atoms with Crippen molar-refractivity contribution >= 4 is 43.2 Å². The number of hydrogen-bond acceptors (Lipinski definition) is 2. The minimum atomic E-state index is 1.13. The standard InChI is InChI=1S/C25H16N2S/c1-2-9-23-21(8-1)22-11-10-17-12-14-28-25(17)24(22)27(23)20-7-3-5-18(15-20)19-6-4-13-26-16-19/h1-16H. The molecule has 0 aliphatic carbocycles. The van der Waals surface area contributed by atoms with Gasteiger partial charge in [-0.3, -0.25) is 4.98 Å². The van der Waals surface area contributed by atoms with E-state index in [0.717, 1.165) is 5.56 Å². The van der Waals surface area contributed by atoms with E-state index in [2.05, 4.69) is 87.7 Å². The lowest BCUT2D eigenvalue weighted by molar-refractivity contribution is 1.19. The summed E-state index contributed by atoms with van der Waals surface area (Å²) < 4.78 is 3.74. The molecule has 0 radical (unpaired) electrons. The van der Waals surface area contributed by atoms with E-state index in [4.69, 9.17) is 0 Å². The molecule has 6 rings (SSSR count). The third-order valence-corrected chi connectivity index (χ3v) is 6.29. The van der Waals surface area contributed by atoms with Crippen LogP contribution in [0.5, 0.6) is 0 Å². The van der Waals surface area contributed by atoms with Gasteiger partial charge in [0.15, 0.2) is 0 Å². The number of benzene rings is 3. The van der Waals surface area contributed by atoms with E-state index >= 15 is 0 Å². The van der Waals surface area contributed by atoms with E-state index in [1.54, 1.807) is 0 Å². The van der Waals surface area contributed by atoms with Crippen molar-refractivity contribution in [2.45, 2.75) is 0 Å². The molecule has 0 saturated heterocycles. The first-order valence-corrected chi connectivity index (χ1v) is 10.2. The molecule has 28 heavy (non-hydrogen) atoms. The highest BCUT2D eigenvalue weighted by Crippen LogP contribution is 2.38. The Morgan fingerprint density at radius 3 is 2.61 bits per heavy atom. The Hall–Kier alpha value is -3.43. The van der Waals surface area contributed by atoms with Crippen LogP contribution in [0.25, 0.3) is 48.7 Å². The van der Waals surface area contributed by atoms with Gasteiger partial charge in [0.2, 0.25) is 0 Å². The number of para-hydroxylation sites is 1. The number of rotatable bonds is 2. The number of thiophene rings is 1. The molecule has 0 fully saturated rings. The number of nitrogens with zero attached hydrogens (tertiary/aromatic N) is 2. The third kappa shape index (κ3) is 2.23. The topological polar surface area (TPSA) is 17.8 Å². The molecule has 3 heterocycles. The molecule has 132 valence electrons. The van der Waals surface area contributed by atoms with E-state index in [9.17, 15) is 0 Å². The maximum absolute atomic E-state index is 4.28. The van der Waals surface area contributed by atoms with Crippen LogP contribution in [-0.2, 0) is 0 Å². The van der Waals surface area contributed by atoms with Crippen molar-refractivity contribution in [1.82, 2.24) is 9.55 Å². The first-order chi connectivity index (χ1) is 13.9. The van der Waals surface area contributed by atoms with Gasteiger partial charge >= 0.3 is 0 Å². The van der Waals surface area contributed by atoms with Crippen molar-refractivity contribution in [2.24, 2.45) is 0 Å². The number of fused-ring (bicyclic) bond motifs is 5. The molecule has 0 atom stereocenters. The summed E-state index contributed by atoms with van der Waals surface area (Å²) in [6.45, 7) is 0. The zero-order valence-corrected chi connectivity index (χ0v) is 15.9. The van der Waals surface area contributed by atoms with Crippen LogP contribution in [0, 0.1) is 0 Å². The fourth-order valence-corrected chi connectivity index (χ4v) is 5.04. The highest BCUT2D eigenvalue weighted by atomic mass is 32.1. The Kier molecular flexibility index (Phi) is 3.37. The summed E-state index contributed by atoms with van der Waals surface area (Å²) in [6, 6.07) is 28.2. The molecule has 3 aromatic carbocycles. The monoisotopic (exact) mass is 376 g/mol. The van der Waals surface area contributed by atoms with Crippen LogP contribution in [0.1, 0.15) is 0 Å². The highest BCUT2D eigenvalue weighted by Gasteiger charge is 2.15. The lowest BCUT2D eigenvalue weighted by Crippen LogP contribution is -1.94. The fourth-order valence-electron chi connectivity index (χ4n) is 4.10. The molecular weight excluding hydrogens is 360 g/mol. The lowest BCUT2D eigenvalue weighted by Gasteiger charge is -2.10. The molecule has 0 saturated carbocycles. The van der Waals surface area contributed by atoms with Crippen molar-refractivity contribution in [1.29, 1.82) is 0 Å². The van der Waals surface area contributed by atoms with E-state index < -0.39 is 0 Å². The summed E-state index contributed by atoms with van der Waals surface area (Å²) in [7, 11) is 0. The molecule has 2 nitrogen and oxygen atoms in total. The van der Waals surface area contributed by atoms with Crippen molar-refractivity contribution in [2.75, 3.05) is 0 Å². The van der Waals surface area contributed by atoms with Crippen LogP contribution in [0.4, 0.5) is 0 Å². The second kappa shape index (κ2) is 6.04. The van der Waals surface area contributed by atoms with Gasteiger partial charge in [0.05, 0.1) is 15.7 Å². The molecule has 0 unspecified atom stereocenters. The van der Waals surface area contributed by atoms with Crippen molar-refractivity contribution in [3.8, 4) is 16.8 Å². The Balaban J connectivity index is 1.73. The first kappa shape index (κ1) is 15.6.